The minimum atomic E-state index is -3.54. The van der Waals surface area contributed by atoms with Crippen LogP contribution in [0, 0.1) is 0 Å². The summed E-state index contributed by atoms with van der Waals surface area (Å²) >= 11 is 0. The summed E-state index contributed by atoms with van der Waals surface area (Å²) in [6.07, 6.45) is -0.291. The number of nitrogens with zero attached hydrogens (tertiary/aromatic N) is 1. The molecule has 0 aliphatic carbocycles. The molecule has 1 aliphatic rings. The van der Waals surface area contributed by atoms with E-state index in [1.807, 2.05) is 24.3 Å². The zero-order valence-electron chi connectivity index (χ0n) is 15.9. The van der Waals surface area contributed by atoms with Gasteiger partial charge in [-0.1, -0.05) is 26.0 Å². The van der Waals surface area contributed by atoms with Crippen molar-refractivity contribution in [2.45, 2.75) is 24.8 Å². The standard InChI is InChI=1S/C20H24N2O5S/c1-3-22(4-2)28(24,25)17-11-9-15(10-12-17)20(23)21-13-16-14-26-18-7-5-6-8-19(18)27-16/h5-12,16H,3-4,13-14H2,1-2H3,(H,21,23)/t16-/m0/s1. The summed E-state index contributed by atoms with van der Waals surface area (Å²) in [5, 5.41) is 2.80. The van der Waals surface area contributed by atoms with E-state index in [0.29, 0.717) is 36.8 Å². The first kappa shape index (κ1) is 20.2. The Balaban J connectivity index is 1.60. The second kappa shape index (κ2) is 8.62. The Hall–Kier alpha value is -2.58. The van der Waals surface area contributed by atoms with Crippen molar-refractivity contribution in [1.82, 2.24) is 9.62 Å². The summed E-state index contributed by atoms with van der Waals surface area (Å²) in [5.41, 5.74) is 0.385. The molecule has 150 valence electrons. The number of carbonyl (C=O) groups excluding carboxylic acids is 1. The smallest absolute Gasteiger partial charge is 0.251 e. The Morgan fingerprint density at radius 2 is 1.71 bits per heavy atom. The second-order valence-electron chi connectivity index (χ2n) is 6.32. The van der Waals surface area contributed by atoms with Crippen molar-refractivity contribution >= 4 is 15.9 Å². The van der Waals surface area contributed by atoms with Gasteiger partial charge in [0.25, 0.3) is 5.91 Å². The van der Waals surface area contributed by atoms with Crippen LogP contribution < -0.4 is 14.8 Å². The highest BCUT2D eigenvalue weighted by molar-refractivity contribution is 7.89. The molecule has 7 nitrogen and oxygen atoms in total. The summed E-state index contributed by atoms with van der Waals surface area (Å²) in [6.45, 7) is 5.00. The first-order valence-corrected chi connectivity index (χ1v) is 10.7. The number of sulfonamides is 1. The number of ether oxygens (including phenoxy) is 2. The van der Waals surface area contributed by atoms with Gasteiger partial charge < -0.3 is 14.8 Å². The molecule has 2 aromatic rings. The van der Waals surface area contributed by atoms with E-state index in [9.17, 15) is 13.2 Å². The van der Waals surface area contributed by atoms with Crippen molar-refractivity contribution in [3.63, 3.8) is 0 Å². The van der Waals surface area contributed by atoms with Crippen LogP contribution in [0.5, 0.6) is 11.5 Å². The van der Waals surface area contributed by atoms with Gasteiger partial charge in [0.05, 0.1) is 11.4 Å². The topological polar surface area (TPSA) is 84.9 Å². The Morgan fingerprint density at radius 3 is 2.36 bits per heavy atom. The fraction of sp³-hybridized carbons (Fsp3) is 0.350. The third-order valence-corrected chi connectivity index (χ3v) is 6.58. The number of fused-ring (bicyclic) bond motifs is 1. The molecule has 0 saturated carbocycles. The van der Waals surface area contributed by atoms with Gasteiger partial charge in [0.15, 0.2) is 11.5 Å². The van der Waals surface area contributed by atoms with Crippen molar-refractivity contribution in [3.8, 4) is 11.5 Å². The van der Waals surface area contributed by atoms with E-state index < -0.39 is 10.0 Å². The molecule has 0 fully saturated rings. The van der Waals surface area contributed by atoms with Gasteiger partial charge in [-0.3, -0.25) is 4.79 Å². The van der Waals surface area contributed by atoms with E-state index in [1.54, 1.807) is 13.8 Å². The van der Waals surface area contributed by atoms with E-state index in [1.165, 1.54) is 28.6 Å². The molecule has 0 bridgehead atoms. The van der Waals surface area contributed by atoms with Gasteiger partial charge in [-0.25, -0.2) is 8.42 Å². The summed E-state index contributed by atoms with van der Waals surface area (Å²) in [7, 11) is -3.54. The van der Waals surface area contributed by atoms with Gasteiger partial charge in [0, 0.05) is 18.7 Å². The number of carbonyl (C=O) groups is 1. The Labute approximate surface area is 165 Å². The van der Waals surface area contributed by atoms with Crippen LogP contribution in [0.25, 0.3) is 0 Å². The largest absolute Gasteiger partial charge is 0.486 e. The number of nitrogens with one attached hydrogen (secondary N) is 1. The van der Waals surface area contributed by atoms with Crippen molar-refractivity contribution < 1.29 is 22.7 Å². The normalized spacial score (nSPS) is 16.0. The predicted molar refractivity (Wildman–Crippen MR) is 105 cm³/mol. The van der Waals surface area contributed by atoms with Gasteiger partial charge >= 0.3 is 0 Å². The van der Waals surface area contributed by atoms with Crippen LogP contribution in [0.3, 0.4) is 0 Å². The van der Waals surface area contributed by atoms with E-state index in [-0.39, 0.29) is 23.5 Å². The predicted octanol–water partition coefficient (Wildman–Crippen LogP) is 2.29. The zero-order chi connectivity index (χ0) is 20.1. The molecule has 0 spiro atoms. The van der Waals surface area contributed by atoms with Crippen LogP contribution in [0.1, 0.15) is 24.2 Å². The minimum Gasteiger partial charge on any atom is -0.486 e. The van der Waals surface area contributed by atoms with Crippen LogP contribution in [0.2, 0.25) is 0 Å². The van der Waals surface area contributed by atoms with Crippen LogP contribution in [-0.4, -0.2) is 51.0 Å². The highest BCUT2D eigenvalue weighted by atomic mass is 32.2. The molecular formula is C20H24N2O5S. The van der Waals surface area contributed by atoms with E-state index in [4.69, 9.17) is 9.47 Å². The van der Waals surface area contributed by atoms with Crippen molar-refractivity contribution in [1.29, 1.82) is 0 Å². The molecule has 2 aromatic carbocycles. The molecular weight excluding hydrogens is 380 g/mol. The lowest BCUT2D eigenvalue weighted by molar-refractivity contribution is 0.0789. The molecule has 0 unspecified atom stereocenters. The van der Waals surface area contributed by atoms with Crippen LogP contribution in [0.15, 0.2) is 53.4 Å². The van der Waals surface area contributed by atoms with E-state index >= 15 is 0 Å². The molecule has 1 heterocycles. The molecule has 0 radical (unpaired) electrons. The Kier molecular flexibility index (Phi) is 6.21. The first-order chi connectivity index (χ1) is 13.5. The monoisotopic (exact) mass is 404 g/mol. The quantitative estimate of drug-likeness (QED) is 0.765. The number of rotatable bonds is 7. The van der Waals surface area contributed by atoms with Gasteiger partial charge in [-0.2, -0.15) is 4.31 Å². The Morgan fingerprint density at radius 1 is 1.07 bits per heavy atom. The molecule has 0 saturated heterocycles. The number of amides is 1. The van der Waals surface area contributed by atoms with Crippen molar-refractivity contribution in [3.05, 3.63) is 54.1 Å². The number of hydrogen-bond donors (Lipinski definition) is 1. The maximum absolute atomic E-state index is 12.5. The average molecular weight is 404 g/mol. The molecule has 1 atom stereocenters. The third kappa shape index (κ3) is 4.28. The minimum absolute atomic E-state index is 0.174. The average Bonchev–Trinajstić information content (AvgIpc) is 2.72. The first-order valence-electron chi connectivity index (χ1n) is 9.22. The SMILES string of the molecule is CCN(CC)S(=O)(=O)c1ccc(C(=O)NC[C@H]2COc3ccccc3O2)cc1. The molecule has 3 rings (SSSR count). The van der Waals surface area contributed by atoms with E-state index in [2.05, 4.69) is 5.32 Å². The van der Waals surface area contributed by atoms with Crippen molar-refractivity contribution in [2.24, 2.45) is 0 Å². The fourth-order valence-electron chi connectivity index (χ4n) is 2.96. The molecule has 1 amide bonds. The second-order valence-corrected chi connectivity index (χ2v) is 8.26. The number of benzene rings is 2. The zero-order valence-corrected chi connectivity index (χ0v) is 16.7. The van der Waals surface area contributed by atoms with Crippen LogP contribution >= 0.6 is 0 Å². The van der Waals surface area contributed by atoms with Gasteiger partial charge in [0.2, 0.25) is 10.0 Å². The number of para-hydroxylation sites is 2. The molecule has 0 aromatic heterocycles. The fourth-order valence-corrected chi connectivity index (χ4v) is 4.42. The van der Waals surface area contributed by atoms with Crippen LogP contribution in [0.4, 0.5) is 0 Å². The molecule has 1 N–H and O–H groups in total. The van der Waals surface area contributed by atoms with Gasteiger partial charge in [-0.15, -0.1) is 0 Å². The molecule has 1 aliphatic heterocycles. The Bertz CT molecular complexity index is 924. The lowest BCUT2D eigenvalue weighted by atomic mass is 10.2. The lowest BCUT2D eigenvalue weighted by Gasteiger charge is -2.26. The molecule has 8 heteroatoms. The maximum atomic E-state index is 12.5. The van der Waals surface area contributed by atoms with Crippen molar-refractivity contribution in [2.75, 3.05) is 26.2 Å². The van der Waals surface area contributed by atoms with E-state index in [0.717, 1.165) is 0 Å². The van der Waals surface area contributed by atoms with Gasteiger partial charge in [-0.05, 0) is 36.4 Å². The van der Waals surface area contributed by atoms with Crippen LogP contribution in [-0.2, 0) is 10.0 Å². The molecule has 28 heavy (non-hydrogen) atoms. The summed E-state index contributed by atoms with van der Waals surface area (Å²) in [6, 6.07) is 13.3. The highest BCUT2D eigenvalue weighted by Gasteiger charge is 2.23. The number of hydrogen-bond acceptors (Lipinski definition) is 5. The summed E-state index contributed by atoms with van der Waals surface area (Å²) in [5.74, 6) is 1.04. The summed E-state index contributed by atoms with van der Waals surface area (Å²) in [4.78, 5) is 12.5. The summed E-state index contributed by atoms with van der Waals surface area (Å²) < 4.78 is 37.8. The third-order valence-electron chi connectivity index (χ3n) is 4.52. The maximum Gasteiger partial charge on any atom is 0.251 e. The highest BCUT2D eigenvalue weighted by Crippen LogP contribution is 2.30. The van der Waals surface area contributed by atoms with Gasteiger partial charge in [0.1, 0.15) is 12.7 Å². The lowest BCUT2D eigenvalue weighted by Crippen LogP contribution is -2.40.